The van der Waals surface area contributed by atoms with Crippen LogP contribution in [-0.4, -0.2) is 24.5 Å². The van der Waals surface area contributed by atoms with E-state index in [1.54, 1.807) is 12.4 Å². The van der Waals surface area contributed by atoms with Crippen LogP contribution in [0.5, 0.6) is 0 Å². The van der Waals surface area contributed by atoms with E-state index in [1.165, 1.54) is 11.3 Å². The summed E-state index contributed by atoms with van der Waals surface area (Å²) in [5, 5.41) is 0. The Labute approximate surface area is 123 Å². The zero-order valence-electron chi connectivity index (χ0n) is 12.1. The van der Waals surface area contributed by atoms with Gasteiger partial charge in [0.05, 0.1) is 16.9 Å². The van der Waals surface area contributed by atoms with Gasteiger partial charge >= 0.3 is 0 Å². The minimum absolute atomic E-state index is 0.354. The molecule has 2 aromatic heterocycles. The molecule has 0 atom stereocenters. The molecule has 0 amide bonds. The molecule has 5 nitrogen and oxygen atoms in total. The van der Waals surface area contributed by atoms with Crippen LogP contribution in [0.15, 0.2) is 17.3 Å². The number of aryl methyl sites for hydroxylation is 3. The Hall–Kier alpha value is -1.18. The van der Waals surface area contributed by atoms with Gasteiger partial charge in [0, 0.05) is 28.5 Å². The van der Waals surface area contributed by atoms with Crippen molar-refractivity contribution in [3.63, 3.8) is 0 Å². The molecular weight excluding hydrogens is 294 g/mol. The van der Waals surface area contributed by atoms with E-state index in [4.69, 9.17) is 0 Å². The molecule has 0 spiro atoms. The maximum absolute atomic E-state index is 12.2. The number of imidazole rings is 1. The molecule has 110 valence electrons. The smallest absolute Gasteiger partial charge is 0.241 e. The molecule has 2 heterocycles. The van der Waals surface area contributed by atoms with E-state index in [0.717, 1.165) is 21.1 Å². The van der Waals surface area contributed by atoms with Crippen molar-refractivity contribution < 1.29 is 8.42 Å². The molecule has 0 radical (unpaired) electrons. The highest BCUT2D eigenvalue weighted by atomic mass is 32.2. The average molecular weight is 313 g/mol. The summed E-state index contributed by atoms with van der Waals surface area (Å²) >= 11 is 1.50. The number of sulfonamides is 1. The topological polar surface area (TPSA) is 64.0 Å². The SMILES string of the molecule is Cc1cc(S(=O)(=O)NCCn2cnc(C)c2C)c(C)s1. The quantitative estimate of drug-likeness (QED) is 0.920. The highest BCUT2D eigenvalue weighted by Gasteiger charge is 2.18. The second-order valence-corrected chi connectivity index (χ2v) is 7.98. The zero-order valence-corrected chi connectivity index (χ0v) is 13.7. The van der Waals surface area contributed by atoms with Gasteiger partial charge in [-0.25, -0.2) is 18.1 Å². The van der Waals surface area contributed by atoms with Crippen LogP contribution in [-0.2, 0) is 16.6 Å². The lowest BCUT2D eigenvalue weighted by atomic mass is 10.4. The van der Waals surface area contributed by atoms with Gasteiger partial charge < -0.3 is 4.57 Å². The van der Waals surface area contributed by atoms with Crippen LogP contribution in [0.25, 0.3) is 0 Å². The average Bonchev–Trinajstić information content (AvgIpc) is 2.86. The Morgan fingerprint density at radius 2 is 2.00 bits per heavy atom. The third-order valence-corrected chi connectivity index (χ3v) is 5.96. The predicted molar refractivity (Wildman–Crippen MR) is 80.7 cm³/mol. The van der Waals surface area contributed by atoms with Gasteiger partial charge in [-0.1, -0.05) is 0 Å². The molecular formula is C13H19N3O2S2. The van der Waals surface area contributed by atoms with E-state index in [0.29, 0.717) is 18.0 Å². The highest BCUT2D eigenvalue weighted by molar-refractivity contribution is 7.89. The van der Waals surface area contributed by atoms with Crippen molar-refractivity contribution in [1.82, 2.24) is 14.3 Å². The van der Waals surface area contributed by atoms with Crippen LogP contribution in [0.3, 0.4) is 0 Å². The summed E-state index contributed by atoms with van der Waals surface area (Å²) in [5.41, 5.74) is 2.03. The fraction of sp³-hybridized carbons (Fsp3) is 0.462. The van der Waals surface area contributed by atoms with Gasteiger partial charge in [-0.3, -0.25) is 0 Å². The van der Waals surface area contributed by atoms with Crippen molar-refractivity contribution in [3.8, 4) is 0 Å². The van der Waals surface area contributed by atoms with Crippen LogP contribution >= 0.6 is 11.3 Å². The third kappa shape index (κ3) is 3.11. The first kappa shape index (κ1) is 15.2. The highest BCUT2D eigenvalue weighted by Crippen LogP contribution is 2.24. The Bertz CT molecular complexity index is 714. The molecule has 2 aromatic rings. The first-order chi connectivity index (χ1) is 9.31. The minimum Gasteiger partial charge on any atom is -0.333 e. The maximum atomic E-state index is 12.2. The van der Waals surface area contributed by atoms with E-state index < -0.39 is 10.0 Å². The third-order valence-electron chi connectivity index (χ3n) is 3.27. The summed E-state index contributed by atoms with van der Waals surface area (Å²) in [7, 11) is -3.42. The number of thiophene rings is 1. The Morgan fingerprint density at radius 1 is 1.30 bits per heavy atom. The minimum atomic E-state index is -3.42. The molecule has 0 aliphatic rings. The molecule has 0 saturated carbocycles. The molecule has 0 saturated heterocycles. The van der Waals surface area contributed by atoms with E-state index in [-0.39, 0.29) is 0 Å². The van der Waals surface area contributed by atoms with Crippen LogP contribution < -0.4 is 4.72 Å². The lowest BCUT2D eigenvalue weighted by molar-refractivity contribution is 0.571. The van der Waals surface area contributed by atoms with Crippen LogP contribution in [0.2, 0.25) is 0 Å². The second kappa shape index (κ2) is 5.67. The molecule has 1 N–H and O–H groups in total. The maximum Gasteiger partial charge on any atom is 0.241 e. The lowest BCUT2D eigenvalue weighted by Gasteiger charge is -2.08. The van der Waals surface area contributed by atoms with Crippen molar-refractivity contribution in [2.45, 2.75) is 39.1 Å². The number of hydrogen-bond acceptors (Lipinski definition) is 4. The van der Waals surface area contributed by atoms with Gasteiger partial charge in [0.15, 0.2) is 0 Å². The fourth-order valence-corrected chi connectivity index (χ4v) is 4.60. The van der Waals surface area contributed by atoms with Gasteiger partial charge in [-0.2, -0.15) is 0 Å². The van der Waals surface area contributed by atoms with Crippen molar-refractivity contribution in [1.29, 1.82) is 0 Å². The van der Waals surface area contributed by atoms with Crippen LogP contribution in [0.1, 0.15) is 21.1 Å². The lowest BCUT2D eigenvalue weighted by Crippen LogP contribution is -2.27. The Kier molecular flexibility index (Phi) is 4.31. The normalized spacial score (nSPS) is 12.0. The van der Waals surface area contributed by atoms with Crippen LogP contribution in [0.4, 0.5) is 0 Å². The molecule has 0 aromatic carbocycles. The van der Waals surface area contributed by atoms with Gasteiger partial charge in [-0.15, -0.1) is 11.3 Å². The fourth-order valence-electron chi connectivity index (χ4n) is 2.02. The molecule has 7 heteroatoms. The Morgan fingerprint density at radius 3 is 2.50 bits per heavy atom. The second-order valence-electron chi connectivity index (χ2n) is 4.78. The van der Waals surface area contributed by atoms with Gasteiger partial charge in [-0.05, 0) is 33.8 Å². The van der Waals surface area contributed by atoms with E-state index in [1.807, 2.05) is 32.3 Å². The van der Waals surface area contributed by atoms with E-state index >= 15 is 0 Å². The van der Waals surface area contributed by atoms with Gasteiger partial charge in [0.1, 0.15) is 0 Å². The summed E-state index contributed by atoms with van der Waals surface area (Å²) in [6.45, 7) is 8.59. The molecule has 2 rings (SSSR count). The number of nitrogens with one attached hydrogen (secondary N) is 1. The van der Waals surface area contributed by atoms with Crippen molar-refractivity contribution in [2.24, 2.45) is 0 Å². The van der Waals surface area contributed by atoms with Gasteiger partial charge in [0.2, 0.25) is 10.0 Å². The monoisotopic (exact) mass is 313 g/mol. The van der Waals surface area contributed by atoms with E-state index in [9.17, 15) is 8.42 Å². The number of hydrogen-bond donors (Lipinski definition) is 1. The van der Waals surface area contributed by atoms with E-state index in [2.05, 4.69) is 9.71 Å². The van der Waals surface area contributed by atoms with Crippen molar-refractivity contribution in [2.75, 3.05) is 6.54 Å². The predicted octanol–water partition coefficient (Wildman–Crippen LogP) is 2.16. The summed E-state index contributed by atoms with van der Waals surface area (Å²) in [6.07, 6.45) is 1.74. The standard InChI is InChI=1S/C13H19N3O2S2/c1-9-7-13(12(4)19-9)20(17,18)15-5-6-16-8-14-10(2)11(16)3/h7-8,15H,5-6H2,1-4H3. The Balaban J connectivity index is 2.03. The number of nitrogens with zero attached hydrogens (tertiary/aromatic N) is 2. The molecule has 0 fully saturated rings. The summed E-state index contributed by atoms with van der Waals surface area (Å²) in [6, 6.07) is 1.72. The van der Waals surface area contributed by atoms with Crippen LogP contribution in [0, 0.1) is 27.7 Å². The molecule has 0 unspecified atom stereocenters. The molecule has 0 bridgehead atoms. The first-order valence-corrected chi connectivity index (χ1v) is 8.66. The van der Waals surface area contributed by atoms with Crippen molar-refractivity contribution in [3.05, 3.63) is 33.5 Å². The number of aromatic nitrogens is 2. The molecule has 0 aliphatic heterocycles. The molecule has 20 heavy (non-hydrogen) atoms. The zero-order chi connectivity index (χ0) is 14.9. The largest absolute Gasteiger partial charge is 0.333 e. The number of rotatable bonds is 5. The summed E-state index contributed by atoms with van der Waals surface area (Å²) in [5.74, 6) is 0. The van der Waals surface area contributed by atoms with Gasteiger partial charge in [0.25, 0.3) is 0 Å². The summed E-state index contributed by atoms with van der Waals surface area (Å²) in [4.78, 5) is 6.41. The summed E-state index contributed by atoms with van der Waals surface area (Å²) < 4.78 is 29.0. The van der Waals surface area contributed by atoms with Crippen molar-refractivity contribution >= 4 is 21.4 Å². The first-order valence-electron chi connectivity index (χ1n) is 6.36. The molecule has 0 aliphatic carbocycles.